The van der Waals surface area contributed by atoms with Crippen molar-refractivity contribution in [1.29, 1.82) is 0 Å². The molecule has 0 saturated carbocycles. The van der Waals surface area contributed by atoms with Crippen LogP contribution in [0.5, 0.6) is 0 Å². The van der Waals surface area contributed by atoms with Crippen molar-refractivity contribution in [3.8, 4) is 0 Å². The van der Waals surface area contributed by atoms with E-state index in [4.69, 9.17) is 10.8 Å². The van der Waals surface area contributed by atoms with Crippen LogP contribution in [0, 0.1) is 0 Å². The molecule has 3 N–H and O–H groups in total. The predicted molar refractivity (Wildman–Crippen MR) is 39.6 cm³/mol. The van der Waals surface area contributed by atoms with Gasteiger partial charge in [0.05, 0.1) is 0 Å². The van der Waals surface area contributed by atoms with Gasteiger partial charge in [0.1, 0.15) is 6.54 Å². The van der Waals surface area contributed by atoms with Crippen molar-refractivity contribution < 1.29 is 14.5 Å². The second kappa shape index (κ2) is 3.07. The Hall–Kier alpha value is -1.79. The molecule has 0 aliphatic rings. The van der Waals surface area contributed by atoms with Crippen LogP contribution < -0.4 is 10.6 Å². The molecule has 0 saturated heterocycles. The topological polar surface area (TPSA) is 105 Å². The van der Waals surface area contributed by atoms with Gasteiger partial charge in [-0.25, -0.2) is 4.63 Å². The van der Waals surface area contributed by atoms with E-state index in [0.717, 1.165) is 0 Å². The fourth-order valence-electron chi connectivity index (χ4n) is 0.734. The van der Waals surface area contributed by atoms with Gasteiger partial charge in [0.2, 0.25) is 11.6 Å². The van der Waals surface area contributed by atoms with Gasteiger partial charge in [0.25, 0.3) is 0 Å². The molecular weight excluding hydrogens is 164 g/mol. The Morgan fingerprint density at radius 2 is 2.42 bits per heavy atom. The number of rotatable bonds is 3. The number of carboxylic acid groups (broad SMARTS) is 1. The first-order valence-corrected chi connectivity index (χ1v) is 3.12. The maximum atomic E-state index is 10.3. The van der Waals surface area contributed by atoms with Crippen LogP contribution in [0.25, 0.3) is 0 Å². The van der Waals surface area contributed by atoms with Crippen molar-refractivity contribution >= 4 is 17.6 Å². The van der Waals surface area contributed by atoms with Gasteiger partial charge in [0, 0.05) is 7.05 Å². The standard InChI is InChI=1S/C5H8N4O3/c1-9(2-3(10)11)5-4(6)7-12-8-5/h2H2,1H3,(H2,6,7)(H,10,11). The number of likely N-dealkylation sites (N-methyl/N-ethyl adjacent to an activating group) is 1. The third-order valence-electron chi connectivity index (χ3n) is 1.23. The Labute approximate surface area is 67.7 Å². The Morgan fingerprint density at radius 3 is 2.83 bits per heavy atom. The first-order valence-electron chi connectivity index (χ1n) is 3.12. The molecule has 1 aromatic heterocycles. The summed E-state index contributed by atoms with van der Waals surface area (Å²) in [5.41, 5.74) is 5.32. The third kappa shape index (κ3) is 1.62. The number of hydrogen-bond acceptors (Lipinski definition) is 6. The smallest absolute Gasteiger partial charge is 0.323 e. The highest BCUT2D eigenvalue weighted by Gasteiger charge is 2.13. The molecule has 0 atom stereocenters. The fourth-order valence-corrected chi connectivity index (χ4v) is 0.734. The molecule has 0 fully saturated rings. The maximum Gasteiger partial charge on any atom is 0.323 e. The molecule has 0 amide bonds. The molecule has 0 bridgehead atoms. The Kier molecular flexibility index (Phi) is 2.13. The number of nitrogens with two attached hydrogens (primary N) is 1. The van der Waals surface area contributed by atoms with Crippen LogP contribution in [0.15, 0.2) is 4.63 Å². The highest BCUT2D eigenvalue weighted by Crippen LogP contribution is 2.14. The van der Waals surface area contributed by atoms with E-state index in [0.29, 0.717) is 0 Å². The molecule has 7 heteroatoms. The largest absolute Gasteiger partial charge is 0.480 e. The molecule has 12 heavy (non-hydrogen) atoms. The highest BCUT2D eigenvalue weighted by molar-refractivity contribution is 5.74. The monoisotopic (exact) mass is 172 g/mol. The van der Waals surface area contributed by atoms with Crippen LogP contribution in [0.1, 0.15) is 0 Å². The van der Waals surface area contributed by atoms with Gasteiger partial charge < -0.3 is 15.7 Å². The molecule has 0 spiro atoms. The SMILES string of the molecule is CN(CC(=O)O)c1nonc1N. The van der Waals surface area contributed by atoms with Crippen molar-refractivity contribution in [3.05, 3.63) is 0 Å². The summed E-state index contributed by atoms with van der Waals surface area (Å²) in [5.74, 6) is -0.656. The highest BCUT2D eigenvalue weighted by atomic mass is 16.6. The van der Waals surface area contributed by atoms with Crippen LogP contribution in [0.4, 0.5) is 11.6 Å². The Morgan fingerprint density at radius 1 is 1.75 bits per heavy atom. The number of aliphatic carboxylic acids is 1. The van der Waals surface area contributed by atoms with Crippen LogP contribution >= 0.6 is 0 Å². The van der Waals surface area contributed by atoms with Crippen molar-refractivity contribution in [2.75, 3.05) is 24.2 Å². The zero-order valence-electron chi connectivity index (χ0n) is 6.39. The van der Waals surface area contributed by atoms with Crippen LogP contribution in [-0.4, -0.2) is 35.0 Å². The molecule has 7 nitrogen and oxygen atoms in total. The van der Waals surface area contributed by atoms with Gasteiger partial charge in [-0.1, -0.05) is 0 Å². The van der Waals surface area contributed by atoms with Crippen LogP contribution in [0.2, 0.25) is 0 Å². The van der Waals surface area contributed by atoms with Gasteiger partial charge in [-0.05, 0) is 10.3 Å². The summed E-state index contributed by atoms with van der Waals surface area (Å²) in [6.45, 7) is -0.196. The Bertz CT molecular complexity index is 284. The van der Waals surface area contributed by atoms with Crippen molar-refractivity contribution in [2.24, 2.45) is 0 Å². The number of hydrogen-bond donors (Lipinski definition) is 2. The number of anilines is 2. The summed E-state index contributed by atoms with van der Waals surface area (Å²) in [6, 6.07) is 0. The number of nitrogens with zero attached hydrogens (tertiary/aromatic N) is 3. The van der Waals surface area contributed by atoms with E-state index in [1.165, 1.54) is 11.9 Å². The van der Waals surface area contributed by atoms with E-state index >= 15 is 0 Å². The van der Waals surface area contributed by atoms with Gasteiger partial charge >= 0.3 is 5.97 Å². The lowest BCUT2D eigenvalue weighted by Crippen LogP contribution is -2.26. The summed E-state index contributed by atoms with van der Waals surface area (Å²) < 4.78 is 4.29. The number of carbonyl (C=O) groups is 1. The average Bonchev–Trinajstić information content (AvgIpc) is 2.33. The van der Waals surface area contributed by atoms with E-state index in [-0.39, 0.29) is 18.2 Å². The molecule has 1 aromatic rings. The fraction of sp³-hybridized carbons (Fsp3) is 0.400. The maximum absolute atomic E-state index is 10.3. The quantitative estimate of drug-likeness (QED) is 0.613. The summed E-state index contributed by atoms with van der Waals surface area (Å²) in [5, 5.41) is 15.1. The normalized spacial score (nSPS) is 9.75. The van der Waals surface area contributed by atoms with Crippen LogP contribution in [0.3, 0.4) is 0 Å². The number of carboxylic acids is 1. The van der Waals surface area contributed by atoms with Gasteiger partial charge in [-0.3, -0.25) is 4.79 Å². The minimum absolute atomic E-state index is 0.0822. The molecule has 0 unspecified atom stereocenters. The lowest BCUT2D eigenvalue weighted by molar-refractivity contribution is -0.135. The van der Waals surface area contributed by atoms with Crippen LogP contribution in [-0.2, 0) is 4.79 Å². The average molecular weight is 172 g/mol. The molecular formula is C5H8N4O3. The molecule has 66 valence electrons. The predicted octanol–water partition coefficient (Wildman–Crippen LogP) is -0.827. The van der Waals surface area contributed by atoms with Crippen molar-refractivity contribution in [3.63, 3.8) is 0 Å². The zero-order chi connectivity index (χ0) is 9.14. The summed E-state index contributed by atoms with van der Waals surface area (Å²) >= 11 is 0. The molecule has 0 aromatic carbocycles. The van der Waals surface area contributed by atoms with E-state index < -0.39 is 5.97 Å². The van der Waals surface area contributed by atoms with Gasteiger partial charge in [-0.15, -0.1) is 0 Å². The van der Waals surface area contributed by atoms with Gasteiger partial charge in [0.15, 0.2) is 0 Å². The van der Waals surface area contributed by atoms with E-state index in [1.54, 1.807) is 0 Å². The molecule has 0 aliphatic carbocycles. The van der Waals surface area contributed by atoms with Gasteiger partial charge in [-0.2, -0.15) is 0 Å². The molecule has 1 rings (SSSR count). The lowest BCUT2D eigenvalue weighted by Gasteiger charge is -2.11. The van der Waals surface area contributed by atoms with Crippen molar-refractivity contribution in [1.82, 2.24) is 10.3 Å². The van der Waals surface area contributed by atoms with E-state index in [9.17, 15) is 4.79 Å². The summed E-state index contributed by atoms with van der Waals surface area (Å²) in [4.78, 5) is 11.6. The first-order chi connectivity index (χ1) is 5.61. The van der Waals surface area contributed by atoms with E-state index in [2.05, 4.69) is 14.9 Å². The first kappa shape index (κ1) is 8.31. The van der Waals surface area contributed by atoms with Crippen molar-refractivity contribution in [2.45, 2.75) is 0 Å². The minimum atomic E-state index is -0.972. The number of aromatic nitrogens is 2. The second-order valence-corrected chi connectivity index (χ2v) is 2.22. The molecule has 0 radical (unpaired) electrons. The zero-order valence-corrected chi connectivity index (χ0v) is 6.39. The number of nitrogen functional groups attached to an aromatic ring is 1. The second-order valence-electron chi connectivity index (χ2n) is 2.22. The van der Waals surface area contributed by atoms with E-state index in [1.807, 2.05) is 0 Å². The Balaban J connectivity index is 2.71. The minimum Gasteiger partial charge on any atom is -0.480 e. The summed E-state index contributed by atoms with van der Waals surface area (Å²) in [7, 11) is 1.53. The summed E-state index contributed by atoms with van der Waals surface area (Å²) in [6.07, 6.45) is 0. The molecule has 0 aliphatic heterocycles. The lowest BCUT2D eigenvalue weighted by atomic mass is 10.5. The third-order valence-corrected chi connectivity index (χ3v) is 1.23. The molecule has 1 heterocycles.